The highest BCUT2D eigenvalue weighted by Gasteiger charge is 2.34. The van der Waals surface area contributed by atoms with Gasteiger partial charge in [-0.1, -0.05) is 23.6 Å². The first kappa shape index (κ1) is 40.3. The summed E-state index contributed by atoms with van der Waals surface area (Å²) in [5.41, 5.74) is 5.55. The van der Waals surface area contributed by atoms with E-state index in [2.05, 4.69) is 27.2 Å². The normalized spacial score (nSPS) is 13.5. The molecule has 2 aromatic heterocycles. The molecule has 278 valence electrons. The number of ether oxygens (including phenoxy) is 1. The number of halogens is 6. The zero-order valence-electron chi connectivity index (χ0n) is 28.0. The molecule has 0 spiro atoms. The van der Waals surface area contributed by atoms with E-state index in [4.69, 9.17) is 22.1 Å². The first-order chi connectivity index (χ1) is 24.3. The summed E-state index contributed by atoms with van der Waals surface area (Å²) in [7, 11) is -3.39. The molecule has 0 aliphatic carbocycles. The van der Waals surface area contributed by atoms with Gasteiger partial charge in [-0.3, -0.25) is 18.5 Å². The van der Waals surface area contributed by atoms with Crippen LogP contribution in [-0.2, 0) is 49.1 Å². The number of nitrogens with one attached hydrogen (secondary N) is 1. The third-order valence-electron chi connectivity index (χ3n) is 7.60. The van der Waals surface area contributed by atoms with Crippen LogP contribution in [0.4, 0.5) is 27.8 Å². The molecule has 0 saturated carbocycles. The van der Waals surface area contributed by atoms with Gasteiger partial charge in [-0.15, -0.1) is 0 Å². The summed E-state index contributed by atoms with van der Waals surface area (Å²) in [6.07, 6.45) is -2.07. The maximum absolute atomic E-state index is 14.2. The Labute approximate surface area is 305 Å². The number of pyridine rings is 1. The zero-order valence-corrected chi connectivity index (χ0v) is 30.4. The first-order valence-corrected chi connectivity index (χ1v) is 18.6. The monoisotopic (exact) mass is 786 g/mol. The van der Waals surface area contributed by atoms with Gasteiger partial charge in [0.15, 0.2) is 12.5 Å². The van der Waals surface area contributed by atoms with E-state index in [-0.39, 0.29) is 56.2 Å². The Balaban J connectivity index is 2.07. The number of benzene rings is 2. The molecule has 0 fully saturated rings. The standard InChI is InChI=1S/C33H32ClF5N6O5S2/c1-32(2,51(3)48)10-9-22-5-6-23(29(42-22)26(41-17-46)13-19-11-20(35)14-21(36)12-19)24-7-8-25(34)28-30(24)44(16-33(37,38)39)43-31(28)45(52(4)49)18-50-27(47)15-40/h5-8,11-12,14,17,26H,13,15-16,18,40H2,1-4H3,(H,41,46). The van der Waals surface area contributed by atoms with Crippen molar-refractivity contribution in [2.24, 2.45) is 5.73 Å². The number of carbonyl (C=O) groups excluding carboxylic acids is 2. The molecule has 2 heterocycles. The molecule has 4 rings (SSSR count). The minimum atomic E-state index is -4.83. The molecule has 11 nitrogen and oxygen atoms in total. The molecule has 1 amide bonds. The molecule has 0 radical (unpaired) electrons. The fraction of sp³-hybridized carbons (Fsp3) is 0.333. The van der Waals surface area contributed by atoms with Gasteiger partial charge in [-0.2, -0.15) is 18.3 Å². The quantitative estimate of drug-likeness (QED) is 0.0653. The average Bonchev–Trinajstić information content (AvgIpc) is 3.41. The van der Waals surface area contributed by atoms with Crippen molar-refractivity contribution in [1.82, 2.24) is 20.1 Å². The number of hydrogen-bond acceptors (Lipinski definition) is 8. The van der Waals surface area contributed by atoms with Crippen molar-refractivity contribution in [3.8, 4) is 23.0 Å². The van der Waals surface area contributed by atoms with Gasteiger partial charge in [-0.05, 0) is 62.1 Å². The van der Waals surface area contributed by atoms with Gasteiger partial charge in [0, 0.05) is 40.5 Å². The molecule has 3 N–H and O–H groups in total. The second-order valence-electron chi connectivity index (χ2n) is 11.7. The fourth-order valence-corrected chi connectivity index (χ4v) is 5.99. The predicted molar refractivity (Wildman–Crippen MR) is 188 cm³/mol. The predicted octanol–water partition coefficient (Wildman–Crippen LogP) is 4.69. The summed E-state index contributed by atoms with van der Waals surface area (Å²) in [6.45, 7) is 0.423. The van der Waals surface area contributed by atoms with Gasteiger partial charge < -0.3 is 15.8 Å². The largest absolute Gasteiger partial charge is 0.442 e. The molecule has 3 unspecified atom stereocenters. The minimum absolute atomic E-state index is 0.0247. The molecule has 0 saturated heterocycles. The highest BCUT2D eigenvalue weighted by atomic mass is 35.5. The molecule has 52 heavy (non-hydrogen) atoms. The van der Waals surface area contributed by atoms with Crippen LogP contribution in [0.5, 0.6) is 0 Å². The number of aromatic nitrogens is 3. The Hall–Kier alpha value is -4.44. The summed E-state index contributed by atoms with van der Waals surface area (Å²) in [4.78, 5) is 28.4. The number of amides is 1. The van der Waals surface area contributed by atoms with Crippen LogP contribution in [-0.4, -0.2) is 72.3 Å². The first-order valence-electron chi connectivity index (χ1n) is 15.1. The third kappa shape index (κ3) is 9.70. The SMILES string of the molecule is CS(=O)N(COC(=O)CN)c1nn(CC(F)(F)F)c2c(-c3ccc(C#CC(C)(C)S(C)=O)nc3C(Cc3cc(F)cc(F)c3)NC=O)ccc(Cl)c12. The van der Waals surface area contributed by atoms with Crippen LogP contribution < -0.4 is 15.4 Å². The van der Waals surface area contributed by atoms with E-state index in [1.54, 1.807) is 13.8 Å². The Morgan fingerprint density at radius 3 is 2.35 bits per heavy atom. The highest BCUT2D eigenvalue weighted by Crippen LogP contribution is 2.42. The van der Waals surface area contributed by atoms with Crippen LogP contribution in [0.25, 0.3) is 22.0 Å². The lowest BCUT2D eigenvalue weighted by atomic mass is 9.94. The molecule has 0 aliphatic rings. The zero-order chi connectivity index (χ0) is 38.5. The fourth-order valence-electron chi connectivity index (χ4n) is 4.99. The molecule has 0 bridgehead atoms. The number of alkyl halides is 3. The molecule has 0 aliphatic heterocycles. The lowest BCUT2D eigenvalue weighted by molar-refractivity contribution is -0.142. The number of nitrogens with zero attached hydrogens (tertiary/aromatic N) is 4. The highest BCUT2D eigenvalue weighted by molar-refractivity contribution is 7.86. The lowest BCUT2D eigenvalue weighted by Crippen LogP contribution is -2.31. The van der Waals surface area contributed by atoms with Crippen LogP contribution in [0.2, 0.25) is 5.02 Å². The summed E-state index contributed by atoms with van der Waals surface area (Å²) >= 11 is 6.59. The second kappa shape index (κ2) is 16.5. The van der Waals surface area contributed by atoms with E-state index in [0.717, 1.165) is 16.4 Å². The van der Waals surface area contributed by atoms with Crippen molar-refractivity contribution in [3.63, 3.8) is 0 Å². The van der Waals surface area contributed by atoms with Crippen LogP contribution in [0.15, 0.2) is 42.5 Å². The van der Waals surface area contributed by atoms with Crippen LogP contribution in [0, 0.1) is 23.5 Å². The van der Waals surface area contributed by atoms with E-state index >= 15 is 0 Å². The number of rotatable bonds is 13. The molecule has 4 aromatic rings. The number of hydrogen-bond donors (Lipinski definition) is 2. The number of esters is 1. The Kier molecular flexibility index (Phi) is 12.8. The van der Waals surface area contributed by atoms with Crippen molar-refractivity contribution >= 4 is 62.5 Å². The molecule has 3 atom stereocenters. The van der Waals surface area contributed by atoms with Crippen LogP contribution in [0.1, 0.15) is 36.8 Å². The Morgan fingerprint density at radius 2 is 1.77 bits per heavy atom. The maximum Gasteiger partial charge on any atom is 0.408 e. The maximum atomic E-state index is 14.2. The summed E-state index contributed by atoms with van der Waals surface area (Å²) in [5, 5.41) is 6.50. The Bertz CT molecular complexity index is 2100. The van der Waals surface area contributed by atoms with E-state index in [1.165, 1.54) is 36.8 Å². The lowest BCUT2D eigenvalue weighted by Gasteiger charge is -2.21. The number of nitrogens with two attached hydrogens (primary N) is 1. The third-order valence-corrected chi connectivity index (χ3v) is 10.3. The van der Waals surface area contributed by atoms with Gasteiger partial charge in [0.25, 0.3) is 0 Å². The van der Waals surface area contributed by atoms with Crippen molar-refractivity contribution in [2.45, 2.75) is 43.8 Å². The van der Waals surface area contributed by atoms with Gasteiger partial charge in [0.1, 0.15) is 39.6 Å². The molecule has 2 aromatic carbocycles. The van der Waals surface area contributed by atoms with Crippen molar-refractivity contribution in [1.29, 1.82) is 0 Å². The molecular formula is C33H32ClF5N6O5S2. The summed E-state index contributed by atoms with van der Waals surface area (Å²) < 4.78 is 101. The molecule has 19 heteroatoms. The Morgan fingerprint density at radius 1 is 1.12 bits per heavy atom. The van der Waals surface area contributed by atoms with E-state index in [0.29, 0.717) is 17.2 Å². The van der Waals surface area contributed by atoms with Gasteiger partial charge in [0.2, 0.25) is 6.41 Å². The van der Waals surface area contributed by atoms with Gasteiger partial charge >= 0.3 is 12.1 Å². The summed E-state index contributed by atoms with van der Waals surface area (Å²) in [5.74, 6) is 2.74. The van der Waals surface area contributed by atoms with Gasteiger partial charge in [-0.25, -0.2) is 22.3 Å². The van der Waals surface area contributed by atoms with Crippen molar-refractivity contribution in [2.75, 3.05) is 30.1 Å². The average molecular weight is 787 g/mol. The molecular weight excluding hydrogens is 755 g/mol. The van der Waals surface area contributed by atoms with Crippen molar-refractivity contribution < 1.29 is 44.7 Å². The van der Waals surface area contributed by atoms with Crippen LogP contribution in [0.3, 0.4) is 0 Å². The minimum Gasteiger partial charge on any atom is -0.442 e. The summed E-state index contributed by atoms with van der Waals surface area (Å²) in [6, 6.07) is 7.29. The van der Waals surface area contributed by atoms with E-state index < -0.39 is 76.2 Å². The number of fused-ring (bicyclic) bond motifs is 1. The second-order valence-corrected chi connectivity index (χ2v) is 15.4. The number of anilines is 1. The van der Waals surface area contributed by atoms with E-state index in [9.17, 15) is 40.0 Å². The van der Waals surface area contributed by atoms with Gasteiger partial charge in [0.05, 0.1) is 34.2 Å². The topological polar surface area (TPSA) is 150 Å². The van der Waals surface area contributed by atoms with E-state index in [1.807, 2.05) is 0 Å². The van der Waals surface area contributed by atoms with Crippen LogP contribution >= 0.6 is 11.6 Å². The van der Waals surface area contributed by atoms with Crippen molar-refractivity contribution in [3.05, 3.63) is 76.1 Å². The number of carbonyl (C=O) groups is 2. The smallest absolute Gasteiger partial charge is 0.408 e.